The van der Waals surface area contributed by atoms with Gasteiger partial charge in [-0.1, -0.05) is 60.7 Å². The zero-order valence-corrected chi connectivity index (χ0v) is 19.5. The first-order chi connectivity index (χ1) is 17.2. The second kappa shape index (κ2) is 10.4. The monoisotopic (exact) mass is 480 g/mol. The van der Waals surface area contributed by atoms with Crippen LogP contribution in [0.4, 0.5) is 15.8 Å². The molecule has 0 aromatic heterocycles. The van der Waals surface area contributed by atoms with E-state index in [4.69, 9.17) is 9.73 Å². The van der Waals surface area contributed by atoms with E-state index in [9.17, 15) is 9.18 Å². The summed E-state index contributed by atoms with van der Waals surface area (Å²) in [5.41, 5.74) is 3.18. The number of thioether (sulfide) groups is 1. The highest BCUT2D eigenvalue weighted by Crippen LogP contribution is 2.37. The van der Waals surface area contributed by atoms with Crippen LogP contribution in [-0.2, 0) is 11.4 Å². The van der Waals surface area contributed by atoms with Crippen LogP contribution in [0.25, 0.3) is 6.08 Å². The number of para-hydroxylation sites is 2. The maximum Gasteiger partial charge on any atom is 0.271 e. The van der Waals surface area contributed by atoms with Crippen molar-refractivity contribution in [2.45, 2.75) is 6.61 Å². The minimum absolute atomic E-state index is 0.123. The first kappa shape index (κ1) is 22.6. The zero-order chi connectivity index (χ0) is 24.0. The van der Waals surface area contributed by atoms with Gasteiger partial charge in [0.25, 0.3) is 5.91 Å². The molecule has 6 heteroatoms. The normalized spacial score (nSPS) is 15.7. The fourth-order valence-electron chi connectivity index (χ4n) is 3.57. The maximum atomic E-state index is 13.4. The van der Waals surface area contributed by atoms with Crippen LogP contribution in [-0.4, -0.2) is 11.1 Å². The van der Waals surface area contributed by atoms with Gasteiger partial charge in [-0.25, -0.2) is 9.38 Å². The summed E-state index contributed by atoms with van der Waals surface area (Å²) in [6.45, 7) is 0.276. The van der Waals surface area contributed by atoms with Gasteiger partial charge >= 0.3 is 0 Å². The molecule has 172 valence electrons. The van der Waals surface area contributed by atoms with Gasteiger partial charge in [0.05, 0.1) is 16.3 Å². The number of hydrogen-bond acceptors (Lipinski definition) is 4. The molecule has 4 aromatic rings. The molecule has 4 aromatic carbocycles. The largest absolute Gasteiger partial charge is 0.489 e. The molecular weight excluding hydrogens is 459 g/mol. The van der Waals surface area contributed by atoms with Crippen LogP contribution in [0.1, 0.15) is 11.1 Å². The second-order valence-corrected chi connectivity index (χ2v) is 8.81. The molecular formula is C29H21FN2O2S. The van der Waals surface area contributed by atoms with Crippen molar-refractivity contribution in [3.05, 3.63) is 131 Å². The number of benzene rings is 4. The fourth-order valence-corrected chi connectivity index (χ4v) is 4.57. The Morgan fingerprint density at radius 3 is 2.29 bits per heavy atom. The summed E-state index contributed by atoms with van der Waals surface area (Å²) in [4.78, 5) is 20.3. The molecule has 0 saturated carbocycles. The Morgan fingerprint density at radius 1 is 0.857 bits per heavy atom. The Kier molecular flexibility index (Phi) is 6.73. The molecule has 1 saturated heterocycles. The molecule has 1 heterocycles. The van der Waals surface area contributed by atoms with Crippen LogP contribution in [0, 0.1) is 5.82 Å². The lowest BCUT2D eigenvalue weighted by Gasteiger charge is -2.15. The molecule has 0 atom stereocenters. The van der Waals surface area contributed by atoms with Crippen LogP contribution < -0.4 is 9.64 Å². The summed E-state index contributed by atoms with van der Waals surface area (Å²) in [6, 6.07) is 32.9. The minimum atomic E-state index is -0.286. The molecule has 1 amide bonds. The van der Waals surface area contributed by atoms with Gasteiger partial charge in [-0.05, 0) is 77.5 Å². The minimum Gasteiger partial charge on any atom is -0.489 e. The van der Waals surface area contributed by atoms with E-state index < -0.39 is 0 Å². The third kappa shape index (κ3) is 5.50. The van der Waals surface area contributed by atoms with E-state index in [1.165, 1.54) is 23.9 Å². The third-order valence-corrected chi connectivity index (χ3v) is 6.24. The third-order valence-electron chi connectivity index (χ3n) is 5.27. The lowest BCUT2D eigenvalue weighted by Crippen LogP contribution is -2.28. The molecule has 0 bridgehead atoms. The Morgan fingerprint density at radius 2 is 1.57 bits per heavy atom. The van der Waals surface area contributed by atoms with E-state index >= 15 is 0 Å². The summed E-state index contributed by atoms with van der Waals surface area (Å²) in [5, 5.41) is 0.605. The number of nitrogens with zero attached hydrogens (tertiary/aromatic N) is 2. The number of hydrogen-bond donors (Lipinski definition) is 0. The van der Waals surface area contributed by atoms with Crippen molar-refractivity contribution in [3.63, 3.8) is 0 Å². The molecule has 35 heavy (non-hydrogen) atoms. The quantitative estimate of drug-likeness (QED) is 0.274. The predicted molar refractivity (Wildman–Crippen MR) is 140 cm³/mol. The predicted octanol–water partition coefficient (Wildman–Crippen LogP) is 7.21. The number of halogens is 1. The van der Waals surface area contributed by atoms with Crippen molar-refractivity contribution < 1.29 is 13.9 Å². The van der Waals surface area contributed by atoms with Gasteiger partial charge < -0.3 is 4.74 Å². The summed E-state index contributed by atoms with van der Waals surface area (Å²) in [7, 11) is 0. The SMILES string of the molecule is O=C1/C(=C\c2ccc(OCc3cccc(F)c3)cc2)SC(=Nc2ccccc2)N1c1ccccc1. The molecule has 1 aliphatic heterocycles. The highest BCUT2D eigenvalue weighted by molar-refractivity contribution is 8.19. The van der Waals surface area contributed by atoms with Crippen LogP contribution in [0.5, 0.6) is 5.75 Å². The average Bonchev–Trinajstić information content (AvgIpc) is 3.19. The number of ether oxygens (including phenoxy) is 1. The highest BCUT2D eigenvalue weighted by atomic mass is 32.2. The molecule has 0 radical (unpaired) electrons. The number of rotatable bonds is 6. The number of amides is 1. The molecule has 1 fully saturated rings. The number of anilines is 1. The first-order valence-corrected chi connectivity index (χ1v) is 11.9. The number of carbonyl (C=O) groups is 1. The Labute approximate surface area is 207 Å². The first-order valence-electron chi connectivity index (χ1n) is 11.1. The maximum absolute atomic E-state index is 13.4. The number of amidine groups is 1. The van der Waals surface area contributed by atoms with Crippen molar-refractivity contribution in [1.82, 2.24) is 0 Å². The highest BCUT2D eigenvalue weighted by Gasteiger charge is 2.34. The summed E-state index contributed by atoms with van der Waals surface area (Å²) < 4.78 is 19.1. The second-order valence-electron chi connectivity index (χ2n) is 7.80. The van der Waals surface area contributed by atoms with E-state index in [-0.39, 0.29) is 18.3 Å². The molecule has 0 spiro atoms. The van der Waals surface area contributed by atoms with Gasteiger partial charge in [-0.3, -0.25) is 9.69 Å². The number of aliphatic imine (C=N–C) groups is 1. The topological polar surface area (TPSA) is 41.9 Å². The van der Waals surface area contributed by atoms with Crippen LogP contribution in [0.3, 0.4) is 0 Å². The van der Waals surface area contributed by atoms with Gasteiger partial charge in [0.2, 0.25) is 0 Å². The van der Waals surface area contributed by atoms with Crippen molar-refractivity contribution in [2.24, 2.45) is 4.99 Å². The summed E-state index contributed by atoms with van der Waals surface area (Å²) >= 11 is 1.35. The van der Waals surface area contributed by atoms with Gasteiger partial charge in [0.15, 0.2) is 5.17 Å². The summed E-state index contributed by atoms with van der Waals surface area (Å²) in [6.07, 6.45) is 1.85. The average molecular weight is 481 g/mol. The number of carbonyl (C=O) groups excluding carboxylic acids is 1. The van der Waals surface area contributed by atoms with Gasteiger partial charge in [-0.2, -0.15) is 0 Å². The van der Waals surface area contributed by atoms with Crippen molar-refractivity contribution in [1.29, 1.82) is 0 Å². The van der Waals surface area contributed by atoms with E-state index in [0.717, 1.165) is 22.5 Å². The zero-order valence-electron chi connectivity index (χ0n) is 18.7. The van der Waals surface area contributed by atoms with E-state index in [1.54, 1.807) is 11.0 Å². The Hall–Kier alpha value is -4.16. The Bertz CT molecular complexity index is 1390. The molecule has 4 nitrogen and oxygen atoms in total. The van der Waals surface area contributed by atoms with Crippen molar-refractivity contribution in [2.75, 3.05) is 4.90 Å². The lowest BCUT2D eigenvalue weighted by atomic mass is 10.2. The standard InChI is InChI=1S/C29H21FN2O2S/c30-23-9-7-8-22(18-23)20-34-26-16-14-21(15-17-26)19-27-28(33)32(25-12-5-2-6-13-25)29(35-27)31-24-10-3-1-4-11-24/h1-19H,20H2/b27-19+,31-29?. The van der Waals surface area contributed by atoms with E-state index in [0.29, 0.717) is 15.8 Å². The van der Waals surface area contributed by atoms with Gasteiger partial charge in [-0.15, -0.1) is 0 Å². The fraction of sp³-hybridized carbons (Fsp3) is 0.0345. The van der Waals surface area contributed by atoms with Crippen LogP contribution in [0.15, 0.2) is 119 Å². The molecule has 0 N–H and O–H groups in total. The molecule has 1 aliphatic rings. The summed E-state index contributed by atoms with van der Waals surface area (Å²) in [5.74, 6) is 0.257. The molecule has 0 aliphatic carbocycles. The lowest BCUT2D eigenvalue weighted by molar-refractivity contribution is -0.113. The van der Waals surface area contributed by atoms with E-state index in [2.05, 4.69) is 0 Å². The van der Waals surface area contributed by atoms with Crippen LogP contribution >= 0.6 is 11.8 Å². The molecule has 5 rings (SSSR count). The van der Waals surface area contributed by atoms with E-state index in [1.807, 2.05) is 97.1 Å². The van der Waals surface area contributed by atoms with Gasteiger partial charge in [0, 0.05) is 0 Å². The van der Waals surface area contributed by atoms with Gasteiger partial charge in [0.1, 0.15) is 18.2 Å². The Balaban J connectivity index is 1.37. The van der Waals surface area contributed by atoms with Crippen LogP contribution in [0.2, 0.25) is 0 Å². The smallest absolute Gasteiger partial charge is 0.271 e. The molecule has 0 unspecified atom stereocenters. The van der Waals surface area contributed by atoms with Crippen molar-refractivity contribution in [3.8, 4) is 5.75 Å². The van der Waals surface area contributed by atoms with Crippen molar-refractivity contribution >= 4 is 40.3 Å².